The number of imidazole rings is 1. The third kappa shape index (κ3) is 2.88. The van der Waals surface area contributed by atoms with Crippen molar-refractivity contribution in [1.29, 1.82) is 0 Å². The monoisotopic (exact) mass is 356 g/mol. The number of hydrogen-bond acceptors (Lipinski definition) is 5. The van der Waals surface area contributed by atoms with Crippen LogP contribution in [0.1, 0.15) is 5.69 Å². The number of halogens is 1. The van der Waals surface area contributed by atoms with E-state index in [4.69, 9.17) is 11.6 Å². The summed E-state index contributed by atoms with van der Waals surface area (Å²) in [6, 6.07) is 7.58. The molecule has 120 valence electrons. The van der Waals surface area contributed by atoms with Crippen LogP contribution in [0.5, 0.6) is 0 Å². The van der Waals surface area contributed by atoms with Crippen LogP contribution in [-0.2, 0) is 12.8 Å². The molecule has 0 saturated heterocycles. The Labute approximate surface area is 147 Å². The van der Waals surface area contributed by atoms with E-state index in [1.165, 1.54) is 0 Å². The standard InChI is InChI=1S/C16H13ClN6S/c1-22-15(11-4-6-18-7-5-11)20-21-16(22)24-10-13-9-23-8-12(17)2-3-14(23)19-13/h2-9H,10H2,1H3. The van der Waals surface area contributed by atoms with Gasteiger partial charge in [-0.2, -0.15) is 0 Å². The van der Waals surface area contributed by atoms with Crippen LogP contribution in [0.15, 0.2) is 54.2 Å². The SMILES string of the molecule is Cn1c(SCc2cn3cc(Cl)ccc3n2)nnc1-c1ccncc1. The number of thioether (sulfide) groups is 1. The molecule has 0 aliphatic rings. The van der Waals surface area contributed by atoms with Crippen LogP contribution in [0.4, 0.5) is 0 Å². The van der Waals surface area contributed by atoms with Gasteiger partial charge in [0.15, 0.2) is 11.0 Å². The van der Waals surface area contributed by atoms with Gasteiger partial charge in [-0.25, -0.2) is 4.98 Å². The van der Waals surface area contributed by atoms with Crippen molar-refractivity contribution in [2.75, 3.05) is 0 Å². The Morgan fingerprint density at radius 1 is 1.08 bits per heavy atom. The van der Waals surface area contributed by atoms with Gasteiger partial charge in [0.2, 0.25) is 0 Å². The van der Waals surface area contributed by atoms with Crippen molar-refractivity contribution in [3.05, 3.63) is 59.8 Å². The van der Waals surface area contributed by atoms with Crippen molar-refractivity contribution in [3.8, 4) is 11.4 Å². The van der Waals surface area contributed by atoms with Gasteiger partial charge in [-0.05, 0) is 24.3 Å². The zero-order chi connectivity index (χ0) is 16.5. The van der Waals surface area contributed by atoms with Crippen LogP contribution in [0.2, 0.25) is 5.02 Å². The predicted octanol–water partition coefficient (Wildman–Crippen LogP) is 3.47. The molecule has 4 aromatic heterocycles. The van der Waals surface area contributed by atoms with Crippen molar-refractivity contribution in [2.24, 2.45) is 7.05 Å². The van der Waals surface area contributed by atoms with Gasteiger partial charge in [0.25, 0.3) is 0 Å². The lowest BCUT2D eigenvalue weighted by Gasteiger charge is -2.02. The summed E-state index contributed by atoms with van der Waals surface area (Å²) in [7, 11) is 1.96. The Balaban J connectivity index is 1.54. The predicted molar refractivity (Wildman–Crippen MR) is 94.0 cm³/mol. The molecule has 24 heavy (non-hydrogen) atoms. The summed E-state index contributed by atoms with van der Waals surface area (Å²) in [5, 5.41) is 10.1. The summed E-state index contributed by atoms with van der Waals surface area (Å²) < 4.78 is 3.91. The summed E-state index contributed by atoms with van der Waals surface area (Å²) >= 11 is 7.60. The first-order valence-electron chi connectivity index (χ1n) is 7.26. The first kappa shape index (κ1) is 15.2. The van der Waals surface area contributed by atoms with Crippen molar-refractivity contribution in [1.82, 2.24) is 29.1 Å². The van der Waals surface area contributed by atoms with Gasteiger partial charge in [0.05, 0.1) is 10.7 Å². The number of nitrogens with zero attached hydrogens (tertiary/aromatic N) is 6. The molecule has 0 bridgehead atoms. The first-order chi connectivity index (χ1) is 11.7. The molecule has 8 heteroatoms. The second kappa shape index (κ2) is 6.26. The first-order valence-corrected chi connectivity index (χ1v) is 8.63. The maximum Gasteiger partial charge on any atom is 0.191 e. The van der Waals surface area contributed by atoms with Crippen LogP contribution in [-0.4, -0.2) is 29.1 Å². The van der Waals surface area contributed by atoms with Gasteiger partial charge in [0, 0.05) is 43.2 Å². The minimum Gasteiger partial charge on any atom is -0.305 e. The van der Waals surface area contributed by atoms with E-state index < -0.39 is 0 Å². The summed E-state index contributed by atoms with van der Waals surface area (Å²) in [6.07, 6.45) is 7.33. The molecule has 4 rings (SSSR count). The quantitative estimate of drug-likeness (QED) is 0.524. The average molecular weight is 357 g/mol. The van der Waals surface area contributed by atoms with Gasteiger partial charge in [-0.3, -0.25) is 4.98 Å². The fourth-order valence-electron chi connectivity index (χ4n) is 2.42. The lowest BCUT2D eigenvalue weighted by molar-refractivity contribution is 0.793. The van der Waals surface area contributed by atoms with Crippen LogP contribution in [0.25, 0.3) is 17.0 Å². The van der Waals surface area contributed by atoms with E-state index in [2.05, 4.69) is 20.2 Å². The minimum atomic E-state index is 0.689. The highest BCUT2D eigenvalue weighted by molar-refractivity contribution is 7.98. The fourth-order valence-corrected chi connectivity index (χ4v) is 3.38. The Hall–Kier alpha value is -2.38. The van der Waals surface area contributed by atoms with E-state index in [-0.39, 0.29) is 0 Å². The van der Waals surface area contributed by atoms with E-state index >= 15 is 0 Å². The second-order valence-electron chi connectivity index (χ2n) is 5.23. The summed E-state index contributed by atoms with van der Waals surface area (Å²) in [4.78, 5) is 8.61. The van der Waals surface area contributed by atoms with E-state index in [0.717, 1.165) is 27.9 Å². The largest absolute Gasteiger partial charge is 0.305 e. The van der Waals surface area contributed by atoms with Crippen molar-refractivity contribution in [3.63, 3.8) is 0 Å². The molecule has 0 saturated carbocycles. The summed E-state index contributed by atoms with van der Waals surface area (Å²) in [5.74, 6) is 1.53. The highest BCUT2D eigenvalue weighted by Gasteiger charge is 2.12. The molecule has 0 atom stereocenters. The number of rotatable bonds is 4. The van der Waals surface area contributed by atoms with E-state index in [1.807, 2.05) is 52.7 Å². The van der Waals surface area contributed by atoms with Crippen LogP contribution < -0.4 is 0 Å². The molecule has 6 nitrogen and oxygen atoms in total. The maximum absolute atomic E-state index is 6.00. The minimum absolute atomic E-state index is 0.689. The molecular weight excluding hydrogens is 344 g/mol. The average Bonchev–Trinajstić information content (AvgIpc) is 3.16. The van der Waals surface area contributed by atoms with Gasteiger partial charge in [0.1, 0.15) is 5.65 Å². The Morgan fingerprint density at radius 3 is 2.75 bits per heavy atom. The molecule has 0 radical (unpaired) electrons. The molecule has 4 aromatic rings. The molecule has 4 heterocycles. The zero-order valence-electron chi connectivity index (χ0n) is 12.8. The number of aromatic nitrogens is 6. The maximum atomic E-state index is 6.00. The lowest BCUT2D eigenvalue weighted by Crippen LogP contribution is -1.95. The lowest BCUT2D eigenvalue weighted by atomic mass is 10.2. The summed E-state index contributed by atoms with van der Waals surface area (Å²) in [5.41, 5.74) is 2.84. The normalized spacial score (nSPS) is 11.2. The topological polar surface area (TPSA) is 60.9 Å². The molecule has 0 aromatic carbocycles. The van der Waals surface area contributed by atoms with E-state index in [1.54, 1.807) is 24.2 Å². The fraction of sp³-hybridized carbons (Fsp3) is 0.125. The molecule has 0 aliphatic heterocycles. The third-order valence-corrected chi connectivity index (χ3v) is 4.86. The molecule has 0 spiro atoms. The Kier molecular flexibility index (Phi) is 3.95. The second-order valence-corrected chi connectivity index (χ2v) is 6.61. The Morgan fingerprint density at radius 2 is 1.92 bits per heavy atom. The van der Waals surface area contributed by atoms with Gasteiger partial charge in [-0.15, -0.1) is 10.2 Å². The van der Waals surface area contributed by atoms with E-state index in [9.17, 15) is 0 Å². The number of pyridine rings is 2. The van der Waals surface area contributed by atoms with E-state index in [0.29, 0.717) is 10.8 Å². The third-order valence-electron chi connectivity index (χ3n) is 3.59. The molecule has 0 N–H and O–H groups in total. The molecular formula is C16H13ClN6S. The van der Waals surface area contributed by atoms with Crippen molar-refractivity contribution < 1.29 is 0 Å². The van der Waals surface area contributed by atoms with Gasteiger partial charge in [-0.1, -0.05) is 23.4 Å². The smallest absolute Gasteiger partial charge is 0.191 e. The number of fused-ring (bicyclic) bond motifs is 1. The highest BCUT2D eigenvalue weighted by atomic mass is 35.5. The molecule has 0 unspecified atom stereocenters. The van der Waals surface area contributed by atoms with Crippen LogP contribution in [0, 0.1) is 0 Å². The zero-order valence-corrected chi connectivity index (χ0v) is 14.4. The van der Waals surface area contributed by atoms with Crippen molar-refractivity contribution >= 4 is 29.0 Å². The van der Waals surface area contributed by atoms with Crippen molar-refractivity contribution in [2.45, 2.75) is 10.9 Å². The van der Waals surface area contributed by atoms with Crippen LogP contribution in [0.3, 0.4) is 0 Å². The Bertz CT molecular complexity index is 994. The highest BCUT2D eigenvalue weighted by Crippen LogP contribution is 2.25. The van der Waals surface area contributed by atoms with Crippen LogP contribution >= 0.6 is 23.4 Å². The number of hydrogen-bond donors (Lipinski definition) is 0. The molecule has 0 amide bonds. The summed E-state index contributed by atoms with van der Waals surface area (Å²) in [6.45, 7) is 0. The molecule has 0 aliphatic carbocycles. The van der Waals surface area contributed by atoms with Gasteiger partial charge >= 0.3 is 0 Å². The van der Waals surface area contributed by atoms with Gasteiger partial charge < -0.3 is 8.97 Å². The molecule has 0 fully saturated rings.